The van der Waals surface area contributed by atoms with E-state index in [1.54, 1.807) is 0 Å². The third kappa shape index (κ3) is 4.04. The first-order chi connectivity index (χ1) is 5.93. The van der Waals surface area contributed by atoms with Crippen molar-refractivity contribution in [2.24, 2.45) is 0 Å². The number of hydrogen-bond donors (Lipinski definition) is 1. The van der Waals surface area contributed by atoms with Crippen molar-refractivity contribution in [1.29, 1.82) is 0 Å². The van der Waals surface area contributed by atoms with Gasteiger partial charge in [-0.3, -0.25) is 0 Å². The second kappa shape index (κ2) is 6.40. The minimum absolute atomic E-state index is 0.153. The lowest BCUT2D eigenvalue weighted by Gasteiger charge is -2.00. The molecule has 0 aromatic heterocycles. The Morgan fingerprint density at radius 3 is 2.08 bits per heavy atom. The van der Waals surface area contributed by atoms with Crippen molar-refractivity contribution in [3.8, 4) is 0 Å². The van der Waals surface area contributed by atoms with Crippen LogP contribution >= 0.6 is 0 Å². The van der Waals surface area contributed by atoms with Gasteiger partial charge in [-0.25, -0.2) is 0 Å². The summed E-state index contributed by atoms with van der Waals surface area (Å²) in [4.78, 5) is 0. The van der Waals surface area contributed by atoms with Crippen molar-refractivity contribution >= 4 is 0 Å². The molecule has 0 aromatic rings. The Hall–Kier alpha value is -0.120. The SMILES string of the molecule is C1CCOC1.OCC1CCCO1. The van der Waals surface area contributed by atoms with E-state index in [0.29, 0.717) is 0 Å². The Labute approximate surface area is 73.7 Å². The van der Waals surface area contributed by atoms with Gasteiger partial charge in [0.15, 0.2) is 0 Å². The van der Waals surface area contributed by atoms with E-state index in [1.807, 2.05) is 0 Å². The Bertz CT molecular complexity index is 88.3. The Morgan fingerprint density at radius 1 is 1.08 bits per heavy atom. The van der Waals surface area contributed by atoms with Crippen LogP contribution in [0.15, 0.2) is 0 Å². The molecule has 1 unspecified atom stereocenters. The fraction of sp³-hybridized carbons (Fsp3) is 1.00. The molecular weight excluding hydrogens is 156 g/mol. The molecule has 2 aliphatic rings. The average molecular weight is 174 g/mol. The summed E-state index contributed by atoms with van der Waals surface area (Å²) in [7, 11) is 0. The van der Waals surface area contributed by atoms with Crippen LogP contribution in [-0.4, -0.2) is 37.6 Å². The number of aliphatic hydroxyl groups excluding tert-OH is 1. The molecule has 0 bridgehead atoms. The number of hydrogen-bond acceptors (Lipinski definition) is 3. The summed E-state index contributed by atoms with van der Waals surface area (Å²) in [6.45, 7) is 3.03. The maximum absolute atomic E-state index is 8.44. The Morgan fingerprint density at radius 2 is 1.83 bits per heavy atom. The first-order valence-corrected chi connectivity index (χ1v) is 4.73. The fourth-order valence-corrected chi connectivity index (χ4v) is 1.30. The van der Waals surface area contributed by atoms with E-state index in [9.17, 15) is 0 Å². The van der Waals surface area contributed by atoms with Gasteiger partial charge in [-0.05, 0) is 25.7 Å². The van der Waals surface area contributed by atoms with E-state index in [-0.39, 0.29) is 12.7 Å². The highest BCUT2D eigenvalue weighted by atomic mass is 16.5. The quantitative estimate of drug-likeness (QED) is 0.643. The number of rotatable bonds is 1. The normalized spacial score (nSPS) is 28.2. The second-order valence-corrected chi connectivity index (χ2v) is 3.14. The molecule has 2 fully saturated rings. The molecule has 3 nitrogen and oxygen atoms in total. The van der Waals surface area contributed by atoms with Gasteiger partial charge in [-0.2, -0.15) is 0 Å². The average Bonchev–Trinajstić information content (AvgIpc) is 2.81. The van der Waals surface area contributed by atoms with Crippen molar-refractivity contribution in [3.63, 3.8) is 0 Å². The smallest absolute Gasteiger partial charge is 0.0806 e. The molecule has 1 N–H and O–H groups in total. The van der Waals surface area contributed by atoms with Crippen LogP contribution in [0.3, 0.4) is 0 Å². The molecule has 1 atom stereocenters. The van der Waals surface area contributed by atoms with E-state index in [2.05, 4.69) is 0 Å². The molecule has 72 valence electrons. The molecule has 12 heavy (non-hydrogen) atoms. The predicted octanol–water partition coefficient (Wildman–Crippen LogP) is 0.954. The highest BCUT2D eigenvalue weighted by Crippen LogP contribution is 2.09. The van der Waals surface area contributed by atoms with Gasteiger partial charge in [0, 0.05) is 19.8 Å². The van der Waals surface area contributed by atoms with Crippen molar-refractivity contribution in [2.75, 3.05) is 26.4 Å². The van der Waals surface area contributed by atoms with Crippen LogP contribution in [0.2, 0.25) is 0 Å². The zero-order valence-electron chi connectivity index (χ0n) is 7.50. The molecule has 2 rings (SSSR count). The maximum atomic E-state index is 8.44. The molecule has 0 radical (unpaired) electrons. The summed E-state index contributed by atoms with van der Waals surface area (Å²) in [5.41, 5.74) is 0. The number of ether oxygens (including phenoxy) is 2. The summed E-state index contributed by atoms with van der Waals surface area (Å²) in [5, 5.41) is 8.44. The topological polar surface area (TPSA) is 38.7 Å². The Balaban J connectivity index is 0.000000127. The van der Waals surface area contributed by atoms with E-state index in [0.717, 1.165) is 32.7 Å². The van der Waals surface area contributed by atoms with E-state index >= 15 is 0 Å². The fourth-order valence-electron chi connectivity index (χ4n) is 1.30. The zero-order chi connectivity index (χ0) is 8.65. The molecule has 2 heterocycles. The zero-order valence-corrected chi connectivity index (χ0v) is 7.50. The monoisotopic (exact) mass is 174 g/mol. The van der Waals surface area contributed by atoms with Gasteiger partial charge in [-0.1, -0.05) is 0 Å². The molecule has 0 aromatic carbocycles. The molecule has 2 saturated heterocycles. The first-order valence-electron chi connectivity index (χ1n) is 4.73. The molecule has 0 amide bonds. The van der Waals surface area contributed by atoms with Crippen LogP contribution in [0.4, 0.5) is 0 Å². The largest absolute Gasteiger partial charge is 0.394 e. The van der Waals surface area contributed by atoms with Gasteiger partial charge < -0.3 is 14.6 Å². The lowest BCUT2D eigenvalue weighted by atomic mass is 10.2. The minimum atomic E-state index is 0.153. The summed E-state index contributed by atoms with van der Waals surface area (Å²) in [6.07, 6.45) is 4.86. The van der Waals surface area contributed by atoms with Crippen molar-refractivity contribution in [1.82, 2.24) is 0 Å². The lowest BCUT2D eigenvalue weighted by Crippen LogP contribution is -2.09. The van der Waals surface area contributed by atoms with E-state index in [4.69, 9.17) is 14.6 Å². The second-order valence-electron chi connectivity index (χ2n) is 3.14. The van der Waals surface area contributed by atoms with Crippen molar-refractivity contribution in [2.45, 2.75) is 31.8 Å². The van der Waals surface area contributed by atoms with Crippen LogP contribution in [0.1, 0.15) is 25.7 Å². The van der Waals surface area contributed by atoms with Gasteiger partial charge >= 0.3 is 0 Å². The van der Waals surface area contributed by atoms with Crippen LogP contribution < -0.4 is 0 Å². The van der Waals surface area contributed by atoms with Crippen LogP contribution in [0.25, 0.3) is 0 Å². The van der Waals surface area contributed by atoms with Crippen molar-refractivity contribution in [3.05, 3.63) is 0 Å². The lowest BCUT2D eigenvalue weighted by molar-refractivity contribution is 0.0591. The predicted molar refractivity (Wildman–Crippen MR) is 46.1 cm³/mol. The van der Waals surface area contributed by atoms with Gasteiger partial charge in [0.25, 0.3) is 0 Å². The summed E-state index contributed by atoms with van der Waals surface area (Å²) >= 11 is 0. The van der Waals surface area contributed by atoms with E-state index < -0.39 is 0 Å². The van der Waals surface area contributed by atoms with Gasteiger partial charge in [0.1, 0.15) is 0 Å². The highest BCUT2D eigenvalue weighted by Gasteiger charge is 2.12. The standard InChI is InChI=1S/C5H10O2.C4H8O/c6-4-5-2-1-3-7-5;1-2-4-5-3-1/h5-6H,1-4H2;1-4H2. The molecular formula is C9H18O3. The minimum Gasteiger partial charge on any atom is -0.394 e. The van der Waals surface area contributed by atoms with Crippen molar-refractivity contribution < 1.29 is 14.6 Å². The van der Waals surface area contributed by atoms with Crippen LogP contribution in [0, 0.1) is 0 Å². The third-order valence-electron chi connectivity index (χ3n) is 2.05. The highest BCUT2D eigenvalue weighted by molar-refractivity contribution is 4.61. The number of aliphatic hydroxyl groups is 1. The maximum Gasteiger partial charge on any atom is 0.0806 e. The van der Waals surface area contributed by atoms with Gasteiger partial charge in [0.2, 0.25) is 0 Å². The molecule has 0 spiro atoms. The first kappa shape index (κ1) is 9.96. The molecule has 2 aliphatic heterocycles. The molecule has 0 aliphatic carbocycles. The molecule has 0 saturated carbocycles. The molecule has 3 heteroatoms. The summed E-state index contributed by atoms with van der Waals surface area (Å²) in [5.74, 6) is 0. The van der Waals surface area contributed by atoms with Gasteiger partial charge in [-0.15, -0.1) is 0 Å². The van der Waals surface area contributed by atoms with Crippen LogP contribution in [-0.2, 0) is 9.47 Å². The van der Waals surface area contributed by atoms with E-state index in [1.165, 1.54) is 12.8 Å². The van der Waals surface area contributed by atoms with Crippen LogP contribution in [0.5, 0.6) is 0 Å². The van der Waals surface area contributed by atoms with Gasteiger partial charge in [0.05, 0.1) is 12.7 Å². The summed E-state index contributed by atoms with van der Waals surface area (Å²) < 4.78 is 10.00. The Kier molecular flexibility index (Phi) is 5.32. The third-order valence-corrected chi connectivity index (χ3v) is 2.05. The summed E-state index contributed by atoms with van der Waals surface area (Å²) in [6, 6.07) is 0.